The molecular weight excluding hydrogens is 198 g/mol. The Morgan fingerprint density at radius 2 is 2.55 bits per heavy atom. The maximum Gasteiger partial charge on any atom is 0.150 e. The van der Waals surface area contributed by atoms with Gasteiger partial charge in [-0.05, 0) is 6.92 Å². The van der Waals surface area contributed by atoms with Crippen LogP contribution in [-0.4, -0.2) is 16.1 Å². The molecule has 11 heavy (non-hydrogen) atoms. The molecule has 0 amide bonds. The number of aryl methyl sites for hydroxylation is 1. The van der Waals surface area contributed by atoms with Crippen molar-refractivity contribution >= 4 is 34.7 Å². The van der Waals surface area contributed by atoms with Gasteiger partial charge < -0.3 is 0 Å². The summed E-state index contributed by atoms with van der Waals surface area (Å²) in [4.78, 5) is 4.32. The zero-order valence-corrected chi connectivity index (χ0v) is 8.89. The van der Waals surface area contributed by atoms with Gasteiger partial charge in [0.05, 0.1) is 0 Å². The maximum absolute atomic E-state index is 5.66. The largest absolute Gasteiger partial charge is 0.235 e. The molecule has 1 aromatic heterocycles. The normalized spacial score (nSPS) is 13.4. The fourth-order valence-corrected chi connectivity index (χ4v) is 2.76. The number of nitrogens with zero attached hydrogens (tertiary/aromatic N) is 1. The molecule has 1 nitrogen and oxygen atoms in total. The third kappa shape index (κ3) is 3.01. The van der Waals surface area contributed by atoms with Crippen LogP contribution in [0.2, 0.25) is 0 Å². The van der Waals surface area contributed by atoms with Crippen LogP contribution in [0.3, 0.4) is 0 Å². The Balaban J connectivity index is 2.50. The molecule has 1 unspecified atom stereocenters. The lowest BCUT2D eigenvalue weighted by molar-refractivity contribution is 1.10. The summed E-state index contributed by atoms with van der Waals surface area (Å²) in [5.41, 5.74) is 1.10. The number of thiazole rings is 1. The summed E-state index contributed by atoms with van der Waals surface area (Å²) >= 11 is 9.09. The van der Waals surface area contributed by atoms with Crippen LogP contribution in [0, 0.1) is 6.92 Å². The molecule has 0 aliphatic heterocycles. The van der Waals surface area contributed by atoms with Crippen LogP contribution < -0.4 is 0 Å². The minimum atomic E-state index is 0.460. The van der Waals surface area contributed by atoms with Crippen molar-refractivity contribution in [1.29, 1.82) is 0 Å². The summed E-state index contributed by atoms with van der Waals surface area (Å²) < 4.78 is 1.12. The van der Waals surface area contributed by atoms with Crippen LogP contribution in [0.5, 0.6) is 0 Å². The van der Waals surface area contributed by atoms with Crippen LogP contribution >= 0.6 is 34.7 Å². The maximum atomic E-state index is 5.66. The summed E-state index contributed by atoms with van der Waals surface area (Å²) in [6.45, 7) is 4.11. The molecule has 0 N–H and O–H groups in total. The highest BCUT2D eigenvalue weighted by Crippen LogP contribution is 2.26. The summed E-state index contributed by atoms with van der Waals surface area (Å²) in [5, 5.41) is 2.52. The average Bonchev–Trinajstić information content (AvgIpc) is 2.35. The molecule has 1 rings (SSSR count). The molecule has 62 valence electrons. The van der Waals surface area contributed by atoms with E-state index in [0.29, 0.717) is 11.1 Å². The van der Waals surface area contributed by atoms with Crippen molar-refractivity contribution in [3.63, 3.8) is 0 Å². The number of hydrogen-bond donors (Lipinski definition) is 0. The van der Waals surface area contributed by atoms with Crippen molar-refractivity contribution in [2.24, 2.45) is 0 Å². The zero-order valence-electron chi connectivity index (χ0n) is 6.50. The number of hydrogen-bond acceptors (Lipinski definition) is 3. The van der Waals surface area contributed by atoms with E-state index in [4.69, 9.17) is 11.6 Å². The van der Waals surface area contributed by atoms with E-state index in [0.717, 1.165) is 10.0 Å². The Labute approximate surface area is 80.2 Å². The van der Waals surface area contributed by atoms with Gasteiger partial charge in [-0.2, -0.15) is 0 Å². The number of alkyl halides is 1. The number of thioether (sulfide) groups is 1. The minimum absolute atomic E-state index is 0.460. The van der Waals surface area contributed by atoms with Crippen molar-refractivity contribution in [3.8, 4) is 0 Å². The van der Waals surface area contributed by atoms with Crippen molar-refractivity contribution in [2.75, 3.05) is 5.88 Å². The molecule has 1 heterocycles. The van der Waals surface area contributed by atoms with Gasteiger partial charge in [0.15, 0.2) is 0 Å². The average molecular weight is 208 g/mol. The number of aromatic nitrogens is 1. The highest BCUT2D eigenvalue weighted by molar-refractivity contribution is 8.01. The molecule has 0 saturated carbocycles. The third-order valence-electron chi connectivity index (χ3n) is 1.12. The lowest BCUT2D eigenvalue weighted by atomic mass is 10.6. The Hall–Kier alpha value is 0.270. The van der Waals surface area contributed by atoms with Crippen LogP contribution in [0.25, 0.3) is 0 Å². The quantitative estimate of drug-likeness (QED) is 0.558. The van der Waals surface area contributed by atoms with Crippen LogP contribution in [0.15, 0.2) is 9.72 Å². The first-order valence-electron chi connectivity index (χ1n) is 3.37. The Morgan fingerprint density at radius 1 is 1.82 bits per heavy atom. The van der Waals surface area contributed by atoms with E-state index < -0.39 is 0 Å². The molecule has 1 atom stereocenters. The van der Waals surface area contributed by atoms with E-state index in [9.17, 15) is 0 Å². The van der Waals surface area contributed by atoms with Crippen molar-refractivity contribution in [1.82, 2.24) is 4.98 Å². The molecule has 0 aromatic carbocycles. The molecule has 0 aliphatic rings. The first kappa shape index (κ1) is 9.36. The van der Waals surface area contributed by atoms with Gasteiger partial charge in [-0.3, -0.25) is 0 Å². The first-order valence-corrected chi connectivity index (χ1v) is 5.66. The lowest BCUT2D eigenvalue weighted by Crippen LogP contribution is -1.95. The topological polar surface area (TPSA) is 12.9 Å². The fraction of sp³-hybridized carbons (Fsp3) is 0.571. The van der Waals surface area contributed by atoms with Gasteiger partial charge >= 0.3 is 0 Å². The Kier molecular flexibility index (Phi) is 3.69. The monoisotopic (exact) mass is 207 g/mol. The molecule has 0 bridgehead atoms. The third-order valence-corrected chi connectivity index (χ3v) is 3.95. The van der Waals surface area contributed by atoms with E-state index in [1.54, 1.807) is 23.1 Å². The van der Waals surface area contributed by atoms with E-state index in [1.165, 1.54) is 0 Å². The minimum Gasteiger partial charge on any atom is -0.235 e. The Bertz CT molecular complexity index is 224. The second-order valence-electron chi connectivity index (χ2n) is 2.34. The number of halogens is 1. The van der Waals surface area contributed by atoms with Crippen LogP contribution in [0.4, 0.5) is 0 Å². The second-order valence-corrected chi connectivity index (χ2v) is 5.19. The highest BCUT2D eigenvalue weighted by Gasteiger charge is 2.04. The van der Waals surface area contributed by atoms with E-state index in [2.05, 4.69) is 17.3 Å². The van der Waals surface area contributed by atoms with Gasteiger partial charge in [-0.1, -0.05) is 18.7 Å². The molecule has 1 aromatic rings. The predicted octanol–water partition coefficient (Wildman–Crippen LogP) is 3.17. The van der Waals surface area contributed by atoms with Gasteiger partial charge in [0, 0.05) is 22.2 Å². The van der Waals surface area contributed by atoms with E-state index in [1.807, 2.05) is 6.92 Å². The SMILES string of the molecule is Cc1csc(SC(C)CCl)n1. The summed E-state index contributed by atoms with van der Waals surface area (Å²) in [6, 6.07) is 0. The zero-order chi connectivity index (χ0) is 8.27. The smallest absolute Gasteiger partial charge is 0.150 e. The Morgan fingerprint density at radius 3 is 3.00 bits per heavy atom. The van der Waals surface area contributed by atoms with Gasteiger partial charge in [-0.15, -0.1) is 22.9 Å². The predicted molar refractivity (Wildman–Crippen MR) is 52.9 cm³/mol. The lowest BCUT2D eigenvalue weighted by Gasteiger charge is -2.01. The summed E-state index contributed by atoms with van der Waals surface area (Å²) in [6.07, 6.45) is 0. The molecule has 0 fully saturated rings. The first-order chi connectivity index (χ1) is 5.22. The van der Waals surface area contributed by atoms with E-state index >= 15 is 0 Å². The van der Waals surface area contributed by atoms with Gasteiger partial charge in [0.25, 0.3) is 0 Å². The fourth-order valence-electron chi connectivity index (χ4n) is 0.590. The highest BCUT2D eigenvalue weighted by atomic mass is 35.5. The summed E-state index contributed by atoms with van der Waals surface area (Å²) in [5.74, 6) is 0.684. The van der Waals surface area contributed by atoms with Crippen molar-refractivity contribution in [2.45, 2.75) is 23.4 Å². The van der Waals surface area contributed by atoms with Gasteiger partial charge in [0.2, 0.25) is 0 Å². The molecule has 0 spiro atoms. The second kappa shape index (κ2) is 4.33. The van der Waals surface area contributed by atoms with Gasteiger partial charge in [-0.25, -0.2) is 4.98 Å². The number of rotatable bonds is 3. The molecule has 0 saturated heterocycles. The van der Waals surface area contributed by atoms with E-state index in [-0.39, 0.29) is 0 Å². The standard InChI is InChI=1S/C7H10ClNS2/c1-5-4-10-7(9-5)11-6(2)3-8/h4,6H,3H2,1-2H3. The van der Waals surface area contributed by atoms with Crippen LogP contribution in [-0.2, 0) is 0 Å². The molecule has 0 aliphatic carbocycles. The van der Waals surface area contributed by atoms with Crippen LogP contribution in [0.1, 0.15) is 12.6 Å². The summed E-state index contributed by atoms with van der Waals surface area (Å²) in [7, 11) is 0. The van der Waals surface area contributed by atoms with Crippen molar-refractivity contribution in [3.05, 3.63) is 11.1 Å². The molecule has 4 heteroatoms. The van der Waals surface area contributed by atoms with Gasteiger partial charge in [0.1, 0.15) is 4.34 Å². The molecular formula is C7H10ClNS2. The van der Waals surface area contributed by atoms with Crippen molar-refractivity contribution < 1.29 is 0 Å². The molecule has 0 radical (unpaired) electrons.